The Hall–Kier alpha value is -1.79. The lowest BCUT2D eigenvalue weighted by atomic mass is 9.91. The normalized spacial score (nSPS) is 21.6. The van der Waals surface area contributed by atoms with E-state index in [2.05, 4.69) is 25.7 Å². The van der Waals surface area contributed by atoms with Crippen molar-refractivity contribution < 1.29 is 4.79 Å². The Morgan fingerprint density at radius 3 is 2.90 bits per heavy atom. The molecule has 2 N–H and O–H groups in total. The summed E-state index contributed by atoms with van der Waals surface area (Å²) in [5, 5.41) is 0. The standard InChI is InChI=1S/C18H24N2O/c1-13-6-5-11-20(15(13)3)18(21)17-12-16(7-4-10-19)9-8-14(17)2/h8-9,12-13,15H,5-6,10-11,19H2,1-3H3. The molecule has 1 fully saturated rings. The first kappa shape index (κ1) is 15.6. The lowest BCUT2D eigenvalue weighted by Gasteiger charge is -2.38. The van der Waals surface area contributed by atoms with Crippen LogP contribution in [0.2, 0.25) is 0 Å². The number of piperidine rings is 1. The molecule has 21 heavy (non-hydrogen) atoms. The Kier molecular flexibility index (Phi) is 5.03. The molecule has 1 saturated heterocycles. The lowest BCUT2D eigenvalue weighted by molar-refractivity contribution is 0.0550. The zero-order valence-electron chi connectivity index (χ0n) is 13.1. The molecule has 2 unspecified atom stereocenters. The molecule has 0 aromatic heterocycles. The number of likely N-dealkylation sites (tertiary alicyclic amines) is 1. The van der Waals surface area contributed by atoms with Crippen LogP contribution in [-0.4, -0.2) is 29.9 Å². The van der Waals surface area contributed by atoms with E-state index in [4.69, 9.17) is 5.73 Å². The Balaban J connectivity index is 2.29. The van der Waals surface area contributed by atoms with Gasteiger partial charge in [0, 0.05) is 23.7 Å². The molecule has 2 atom stereocenters. The summed E-state index contributed by atoms with van der Waals surface area (Å²) in [5.74, 6) is 6.53. The summed E-state index contributed by atoms with van der Waals surface area (Å²) in [4.78, 5) is 14.9. The van der Waals surface area contributed by atoms with Crippen molar-refractivity contribution in [2.24, 2.45) is 11.7 Å². The van der Waals surface area contributed by atoms with E-state index < -0.39 is 0 Å². The van der Waals surface area contributed by atoms with Crippen molar-refractivity contribution in [3.05, 3.63) is 34.9 Å². The summed E-state index contributed by atoms with van der Waals surface area (Å²) < 4.78 is 0. The highest BCUT2D eigenvalue weighted by atomic mass is 16.2. The van der Waals surface area contributed by atoms with Gasteiger partial charge in [-0.05, 0) is 50.3 Å². The maximum atomic E-state index is 12.9. The van der Waals surface area contributed by atoms with E-state index in [1.165, 1.54) is 6.42 Å². The van der Waals surface area contributed by atoms with Crippen LogP contribution >= 0.6 is 0 Å². The number of benzene rings is 1. The fraction of sp³-hybridized carbons (Fsp3) is 0.500. The van der Waals surface area contributed by atoms with Crippen LogP contribution in [0.3, 0.4) is 0 Å². The molecule has 0 aliphatic carbocycles. The highest BCUT2D eigenvalue weighted by Crippen LogP contribution is 2.25. The van der Waals surface area contributed by atoms with Crippen LogP contribution in [0.5, 0.6) is 0 Å². The number of nitrogens with two attached hydrogens (primary N) is 1. The molecule has 0 spiro atoms. The number of carbonyl (C=O) groups excluding carboxylic acids is 1. The summed E-state index contributed by atoms with van der Waals surface area (Å²) >= 11 is 0. The van der Waals surface area contributed by atoms with E-state index in [1.807, 2.05) is 30.0 Å². The van der Waals surface area contributed by atoms with Gasteiger partial charge in [-0.2, -0.15) is 0 Å². The molecule has 1 heterocycles. The monoisotopic (exact) mass is 284 g/mol. The maximum Gasteiger partial charge on any atom is 0.254 e. The van der Waals surface area contributed by atoms with Gasteiger partial charge in [-0.1, -0.05) is 24.8 Å². The van der Waals surface area contributed by atoms with Crippen molar-refractivity contribution in [3.63, 3.8) is 0 Å². The maximum absolute atomic E-state index is 12.9. The molecule has 1 aliphatic heterocycles. The van der Waals surface area contributed by atoms with Crippen LogP contribution < -0.4 is 5.73 Å². The number of amides is 1. The van der Waals surface area contributed by atoms with E-state index in [1.54, 1.807) is 0 Å². The minimum absolute atomic E-state index is 0.128. The number of nitrogens with zero attached hydrogens (tertiary/aromatic N) is 1. The largest absolute Gasteiger partial charge is 0.336 e. The molecule has 0 saturated carbocycles. The molecular formula is C18H24N2O. The second-order valence-electron chi connectivity index (χ2n) is 5.89. The Morgan fingerprint density at radius 1 is 1.43 bits per heavy atom. The summed E-state index contributed by atoms with van der Waals surface area (Å²) in [6.07, 6.45) is 2.29. The van der Waals surface area contributed by atoms with Crippen LogP contribution in [0.4, 0.5) is 0 Å². The summed E-state index contributed by atoms with van der Waals surface area (Å²) in [6, 6.07) is 6.10. The Morgan fingerprint density at radius 2 is 2.19 bits per heavy atom. The average Bonchev–Trinajstić information content (AvgIpc) is 2.48. The summed E-state index contributed by atoms with van der Waals surface area (Å²) in [6.45, 7) is 7.53. The minimum atomic E-state index is 0.128. The highest BCUT2D eigenvalue weighted by molar-refractivity contribution is 5.96. The van der Waals surface area contributed by atoms with E-state index in [9.17, 15) is 4.79 Å². The predicted molar refractivity (Wildman–Crippen MR) is 86.0 cm³/mol. The van der Waals surface area contributed by atoms with Gasteiger partial charge in [0.25, 0.3) is 5.91 Å². The van der Waals surface area contributed by atoms with Crippen molar-refractivity contribution in [3.8, 4) is 11.8 Å². The average molecular weight is 284 g/mol. The Labute approximate surface area is 127 Å². The van der Waals surface area contributed by atoms with Gasteiger partial charge >= 0.3 is 0 Å². The van der Waals surface area contributed by atoms with Crippen LogP contribution in [-0.2, 0) is 0 Å². The fourth-order valence-electron chi connectivity index (χ4n) is 2.86. The van der Waals surface area contributed by atoms with Crippen LogP contribution in [0, 0.1) is 24.7 Å². The van der Waals surface area contributed by atoms with Gasteiger partial charge < -0.3 is 10.6 Å². The van der Waals surface area contributed by atoms with Crippen LogP contribution in [0.1, 0.15) is 48.2 Å². The minimum Gasteiger partial charge on any atom is -0.336 e. The number of carbonyl (C=O) groups is 1. The third-order valence-electron chi connectivity index (χ3n) is 4.44. The summed E-state index contributed by atoms with van der Waals surface area (Å²) in [7, 11) is 0. The molecule has 0 radical (unpaired) electrons. The van der Waals surface area contributed by atoms with Gasteiger partial charge in [0.2, 0.25) is 0 Å². The molecule has 1 aliphatic rings. The second kappa shape index (κ2) is 6.78. The number of hydrogen-bond donors (Lipinski definition) is 1. The van der Waals surface area contributed by atoms with Gasteiger partial charge in [-0.25, -0.2) is 0 Å². The number of rotatable bonds is 1. The zero-order chi connectivity index (χ0) is 15.4. The summed E-state index contributed by atoms with van der Waals surface area (Å²) in [5.41, 5.74) is 8.03. The molecule has 0 bridgehead atoms. The third-order valence-corrected chi connectivity index (χ3v) is 4.44. The van der Waals surface area contributed by atoms with Gasteiger partial charge in [-0.3, -0.25) is 4.79 Å². The smallest absolute Gasteiger partial charge is 0.254 e. The van der Waals surface area contributed by atoms with Gasteiger partial charge in [0.05, 0.1) is 6.54 Å². The lowest BCUT2D eigenvalue weighted by Crippen LogP contribution is -2.46. The van der Waals surface area contributed by atoms with Gasteiger partial charge in [-0.15, -0.1) is 0 Å². The van der Waals surface area contributed by atoms with E-state index in [0.29, 0.717) is 18.5 Å². The SMILES string of the molecule is Cc1ccc(C#CCN)cc1C(=O)N1CCCC(C)C1C. The first-order valence-corrected chi connectivity index (χ1v) is 7.65. The van der Waals surface area contributed by atoms with Crippen LogP contribution in [0.25, 0.3) is 0 Å². The molecule has 1 aromatic carbocycles. The quantitative estimate of drug-likeness (QED) is 0.806. The van der Waals surface area contributed by atoms with Gasteiger partial charge in [0.15, 0.2) is 0 Å². The highest BCUT2D eigenvalue weighted by Gasteiger charge is 2.29. The van der Waals surface area contributed by atoms with Crippen molar-refractivity contribution in [2.45, 2.75) is 39.7 Å². The molecular weight excluding hydrogens is 260 g/mol. The topological polar surface area (TPSA) is 46.3 Å². The third kappa shape index (κ3) is 3.46. The molecule has 2 rings (SSSR count). The van der Waals surface area contributed by atoms with Gasteiger partial charge in [0.1, 0.15) is 0 Å². The van der Waals surface area contributed by atoms with E-state index in [-0.39, 0.29) is 5.91 Å². The second-order valence-corrected chi connectivity index (χ2v) is 5.89. The van der Waals surface area contributed by atoms with Crippen molar-refractivity contribution >= 4 is 5.91 Å². The van der Waals surface area contributed by atoms with E-state index in [0.717, 1.165) is 29.7 Å². The first-order chi connectivity index (χ1) is 10.0. The molecule has 3 heteroatoms. The number of hydrogen-bond acceptors (Lipinski definition) is 2. The van der Waals surface area contributed by atoms with Crippen molar-refractivity contribution in [2.75, 3.05) is 13.1 Å². The number of aryl methyl sites for hydroxylation is 1. The first-order valence-electron chi connectivity index (χ1n) is 7.65. The molecule has 1 amide bonds. The fourth-order valence-corrected chi connectivity index (χ4v) is 2.86. The zero-order valence-corrected chi connectivity index (χ0v) is 13.1. The van der Waals surface area contributed by atoms with Crippen molar-refractivity contribution in [1.82, 2.24) is 4.90 Å². The molecule has 112 valence electrons. The Bertz CT molecular complexity index is 583. The predicted octanol–water partition coefficient (Wildman–Crippen LogP) is 2.57. The molecule has 1 aromatic rings. The van der Waals surface area contributed by atoms with Crippen LogP contribution in [0.15, 0.2) is 18.2 Å². The van der Waals surface area contributed by atoms with E-state index >= 15 is 0 Å². The molecule has 3 nitrogen and oxygen atoms in total. The van der Waals surface area contributed by atoms with Crippen molar-refractivity contribution in [1.29, 1.82) is 0 Å².